The van der Waals surface area contributed by atoms with Crippen LogP contribution in [0.15, 0.2) is 53.6 Å². The van der Waals surface area contributed by atoms with Crippen LogP contribution in [0.3, 0.4) is 0 Å². The number of rotatable bonds is 4. The van der Waals surface area contributed by atoms with Crippen molar-refractivity contribution in [2.24, 2.45) is 0 Å². The van der Waals surface area contributed by atoms with Crippen molar-refractivity contribution in [3.05, 3.63) is 65.4 Å². The molecule has 0 bridgehead atoms. The number of fused-ring (bicyclic) bond motifs is 1. The molecule has 3 aromatic rings. The Bertz CT molecular complexity index is 1240. The molecule has 1 saturated heterocycles. The molecule has 1 amide bonds. The fourth-order valence-corrected chi connectivity index (χ4v) is 5.86. The van der Waals surface area contributed by atoms with Crippen molar-refractivity contribution in [3.63, 3.8) is 0 Å². The lowest BCUT2D eigenvalue weighted by atomic mass is 10.1. The monoisotopic (exact) mass is 423 g/mol. The Morgan fingerprint density at radius 3 is 2.67 bits per heavy atom. The summed E-state index contributed by atoms with van der Waals surface area (Å²) in [5.74, 6) is -0.299. The third kappa shape index (κ3) is 3.70. The van der Waals surface area contributed by atoms with Gasteiger partial charge in [-0.15, -0.1) is 0 Å². The fraction of sp³-hybridized carbons (Fsp3) is 0.304. The molecule has 7 heteroatoms. The normalized spacial score (nSPS) is 17.4. The first-order chi connectivity index (χ1) is 14.3. The van der Waals surface area contributed by atoms with E-state index in [-0.39, 0.29) is 10.8 Å². The molecule has 1 atom stereocenters. The number of pyridine rings is 1. The van der Waals surface area contributed by atoms with Crippen LogP contribution in [0, 0.1) is 20.8 Å². The molecule has 2 heterocycles. The topological polar surface area (TPSA) is 79.4 Å². The average molecular weight is 424 g/mol. The lowest BCUT2D eigenvalue weighted by molar-refractivity contribution is -0.119. The zero-order chi connectivity index (χ0) is 21.5. The molecular formula is C23H25N3O3S. The number of hydrogen-bond donors (Lipinski definition) is 1. The first-order valence-corrected chi connectivity index (χ1v) is 11.5. The minimum Gasteiger partial charge on any atom is -0.324 e. The number of hydrogen-bond acceptors (Lipinski definition) is 4. The number of amides is 1. The van der Waals surface area contributed by atoms with E-state index in [9.17, 15) is 13.2 Å². The van der Waals surface area contributed by atoms with Crippen molar-refractivity contribution < 1.29 is 13.2 Å². The molecule has 2 aromatic carbocycles. The zero-order valence-corrected chi connectivity index (χ0v) is 18.2. The highest BCUT2D eigenvalue weighted by Gasteiger charge is 2.40. The number of carbonyl (C=O) groups is 1. The standard InChI is InChI=1S/C23H25N3O3S/c1-15-9-10-19(17(3)12-15)25-23(27)20-7-5-11-26(20)30(28,29)21-8-4-6-18-13-16(2)14-24-22(18)21/h4,6,8-10,12-14,20H,5,7,11H2,1-3H3,(H,25,27). The molecule has 1 aromatic heterocycles. The molecular weight excluding hydrogens is 398 g/mol. The minimum atomic E-state index is -3.87. The van der Waals surface area contributed by atoms with Crippen LogP contribution < -0.4 is 5.32 Å². The molecule has 1 aliphatic heterocycles. The summed E-state index contributed by atoms with van der Waals surface area (Å²) in [6, 6.07) is 12.1. The second-order valence-corrected chi connectivity index (χ2v) is 9.78. The fourth-order valence-electron chi connectivity index (χ4n) is 4.04. The van der Waals surface area contributed by atoms with E-state index in [1.165, 1.54) is 4.31 Å². The van der Waals surface area contributed by atoms with Crippen LogP contribution in [0.1, 0.15) is 29.5 Å². The Balaban J connectivity index is 1.66. The first-order valence-electron chi connectivity index (χ1n) is 10.0. The van der Waals surface area contributed by atoms with E-state index in [4.69, 9.17) is 0 Å². The minimum absolute atomic E-state index is 0.145. The summed E-state index contributed by atoms with van der Waals surface area (Å²) in [6.45, 7) is 6.15. The molecule has 0 aliphatic carbocycles. The van der Waals surface area contributed by atoms with Gasteiger partial charge in [0.15, 0.2) is 0 Å². The van der Waals surface area contributed by atoms with Gasteiger partial charge in [0.2, 0.25) is 15.9 Å². The molecule has 6 nitrogen and oxygen atoms in total. The van der Waals surface area contributed by atoms with Gasteiger partial charge in [-0.2, -0.15) is 4.31 Å². The highest BCUT2D eigenvalue weighted by atomic mass is 32.2. The maximum atomic E-state index is 13.5. The van der Waals surface area contributed by atoms with Crippen LogP contribution in [0.5, 0.6) is 0 Å². The van der Waals surface area contributed by atoms with Crippen LogP contribution in [0.2, 0.25) is 0 Å². The predicted octanol–water partition coefficient (Wildman–Crippen LogP) is 3.95. The number of nitrogens with one attached hydrogen (secondary N) is 1. The van der Waals surface area contributed by atoms with Gasteiger partial charge in [-0.05, 0) is 62.9 Å². The number of anilines is 1. The lowest BCUT2D eigenvalue weighted by Crippen LogP contribution is -2.43. The third-order valence-electron chi connectivity index (χ3n) is 5.54. The number of carbonyl (C=O) groups excluding carboxylic acids is 1. The number of benzene rings is 2. The van der Waals surface area contributed by atoms with Crippen LogP contribution in [0.4, 0.5) is 5.69 Å². The summed E-state index contributed by atoms with van der Waals surface area (Å²) >= 11 is 0. The number of para-hydroxylation sites is 1. The summed E-state index contributed by atoms with van der Waals surface area (Å²) < 4.78 is 28.4. The van der Waals surface area contributed by atoms with E-state index in [2.05, 4.69) is 10.3 Å². The predicted molar refractivity (Wildman–Crippen MR) is 118 cm³/mol. The van der Waals surface area contributed by atoms with Crippen molar-refractivity contribution in [1.82, 2.24) is 9.29 Å². The molecule has 1 aliphatic rings. The average Bonchev–Trinajstić information content (AvgIpc) is 3.20. The Morgan fingerprint density at radius 1 is 1.10 bits per heavy atom. The van der Waals surface area contributed by atoms with Gasteiger partial charge in [0, 0.05) is 23.8 Å². The maximum absolute atomic E-state index is 13.5. The van der Waals surface area contributed by atoms with Crippen molar-refractivity contribution in [2.45, 2.75) is 44.6 Å². The molecule has 1 N–H and O–H groups in total. The van der Waals surface area contributed by atoms with Gasteiger partial charge in [0.05, 0.1) is 5.52 Å². The molecule has 30 heavy (non-hydrogen) atoms. The van der Waals surface area contributed by atoms with E-state index in [0.717, 1.165) is 22.1 Å². The van der Waals surface area contributed by atoms with E-state index in [1.807, 2.05) is 51.1 Å². The summed E-state index contributed by atoms with van der Waals surface area (Å²) in [5.41, 5.74) is 4.16. The Hall–Kier alpha value is -2.77. The molecule has 0 radical (unpaired) electrons. The summed E-state index contributed by atoms with van der Waals surface area (Å²) in [6.07, 6.45) is 2.80. The molecule has 1 unspecified atom stereocenters. The van der Waals surface area contributed by atoms with E-state index in [1.54, 1.807) is 18.3 Å². The third-order valence-corrected chi connectivity index (χ3v) is 7.48. The van der Waals surface area contributed by atoms with Crippen LogP contribution >= 0.6 is 0 Å². The second-order valence-electron chi connectivity index (χ2n) is 7.92. The highest BCUT2D eigenvalue weighted by molar-refractivity contribution is 7.89. The van der Waals surface area contributed by atoms with Crippen molar-refractivity contribution in [2.75, 3.05) is 11.9 Å². The van der Waals surface area contributed by atoms with E-state index < -0.39 is 16.1 Å². The van der Waals surface area contributed by atoms with Gasteiger partial charge in [0.25, 0.3) is 0 Å². The van der Waals surface area contributed by atoms with Gasteiger partial charge >= 0.3 is 0 Å². The molecule has 4 rings (SSSR count). The maximum Gasteiger partial charge on any atom is 0.245 e. The van der Waals surface area contributed by atoms with Crippen LogP contribution in [-0.2, 0) is 14.8 Å². The molecule has 156 valence electrons. The number of sulfonamides is 1. The molecule has 0 spiro atoms. The van der Waals surface area contributed by atoms with Crippen molar-refractivity contribution in [1.29, 1.82) is 0 Å². The van der Waals surface area contributed by atoms with Crippen LogP contribution in [0.25, 0.3) is 10.9 Å². The molecule has 1 fully saturated rings. The van der Waals surface area contributed by atoms with Gasteiger partial charge in [0.1, 0.15) is 10.9 Å². The Labute approximate surface area is 177 Å². The number of aromatic nitrogens is 1. The van der Waals surface area contributed by atoms with Gasteiger partial charge in [-0.25, -0.2) is 8.42 Å². The van der Waals surface area contributed by atoms with Crippen molar-refractivity contribution in [3.8, 4) is 0 Å². The lowest BCUT2D eigenvalue weighted by Gasteiger charge is -2.24. The van der Waals surface area contributed by atoms with E-state index in [0.29, 0.717) is 30.6 Å². The summed E-state index contributed by atoms with van der Waals surface area (Å²) in [5, 5.41) is 3.69. The number of aryl methyl sites for hydroxylation is 3. The van der Waals surface area contributed by atoms with Crippen LogP contribution in [-0.4, -0.2) is 36.2 Å². The highest BCUT2D eigenvalue weighted by Crippen LogP contribution is 2.31. The Kier molecular flexibility index (Phi) is 5.34. The molecule has 0 saturated carbocycles. The van der Waals surface area contributed by atoms with Gasteiger partial charge in [-0.1, -0.05) is 29.8 Å². The largest absolute Gasteiger partial charge is 0.324 e. The second kappa shape index (κ2) is 7.81. The van der Waals surface area contributed by atoms with Gasteiger partial charge in [-0.3, -0.25) is 9.78 Å². The van der Waals surface area contributed by atoms with Crippen molar-refractivity contribution >= 4 is 32.5 Å². The zero-order valence-electron chi connectivity index (χ0n) is 17.3. The summed E-state index contributed by atoms with van der Waals surface area (Å²) in [7, 11) is -3.87. The van der Waals surface area contributed by atoms with E-state index >= 15 is 0 Å². The number of nitrogens with zero attached hydrogens (tertiary/aromatic N) is 2. The Morgan fingerprint density at radius 2 is 1.90 bits per heavy atom. The van der Waals surface area contributed by atoms with Gasteiger partial charge < -0.3 is 5.32 Å². The quantitative estimate of drug-likeness (QED) is 0.689. The SMILES string of the molecule is Cc1ccc(NC(=O)C2CCCN2S(=O)(=O)c2cccc3cc(C)cnc23)c(C)c1. The smallest absolute Gasteiger partial charge is 0.245 e. The first kappa shape index (κ1) is 20.5. The summed E-state index contributed by atoms with van der Waals surface area (Å²) in [4.78, 5) is 17.5.